The highest BCUT2D eigenvalue weighted by molar-refractivity contribution is 5.85. The highest BCUT2D eigenvalue weighted by Crippen LogP contribution is 2.11. The Morgan fingerprint density at radius 3 is 2.26 bits per heavy atom. The first kappa shape index (κ1) is 18.4. The molecule has 19 heavy (non-hydrogen) atoms. The van der Waals surface area contributed by atoms with Gasteiger partial charge in [-0.3, -0.25) is 4.79 Å². The van der Waals surface area contributed by atoms with Crippen LogP contribution in [-0.4, -0.2) is 72.1 Å². The molecule has 114 valence electrons. The molecule has 0 amide bonds. The molecule has 1 fully saturated rings. The summed E-state index contributed by atoms with van der Waals surface area (Å²) >= 11 is 0. The number of aliphatic hydroxyl groups is 3. The second kappa shape index (κ2) is 10.2. The first-order valence-corrected chi connectivity index (χ1v) is 6.32. The average Bonchev–Trinajstić information content (AvgIpc) is 2.38. The fraction of sp³-hybridized carbons (Fsp3) is 0.917. The van der Waals surface area contributed by atoms with Gasteiger partial charge in [-0.25, -0.2) is 0 Å². The molecule has 3 N–H and O–H groups in total. The van der Waals surface area contributed by atoms with Gasteiger partial charge in [0, 0.05) is 13.2 Å². The number of rotatable bonds is 5. The second-order valence-corrected chi connectivity index (χ2v) is 3.91. The Morgan fingerprint density at radius 2 is 1.84 bits per heavy atom. The Morgan fingerprint density at radius 1 is 1.32 bits per heavy atom. The van der Waals surface area contributed by atoms with Crippen molar-refractivity contribution in [2.24, 2.45) is 0 Å². The summed E-state index contributed by atoms with van der Waals surface area (Å²) in [5.41, 5.74) is 0. The molecule has 0 aromatic carbocycles. The second-order valence-electron chi connectivity index (χ2n) is 3.91. The lowest BCUT2D eigenvalue weighted by atomic mass is 10.0. The summed E-state index contributed by atoms with van der Waals surface area (Å²) in [7, 11) is 0. The zero-order chi connectivity index (χ0) is 14.8. The van der Waals surface area contributed by atoms with Crippen LogP contribution in [0.25, 0.3) is 0 Å². The van der Waals surface area contributed by atoms with Crippen molar-refractivity contribution in [3.63, 3.8) is 0 Å². The molecule has 1 aliphatic heterocycles. The predicted octanol–water partition coefficient (Wildman–Crippen LogP) is -0.926. The molecule has 3 atom stereocenters. The minimum Gasteiger partial charge on any atom is -0.394 e. The van der Waals surface area contributed by atoms with Crippen LogP contribution in [-0.2, 0) is 19.0 Å². The Bertz CT molecular complexity index is 240. The first-order valence-electron chi connectivity index (χ1n) is 6.32. The Balaban J connectivity index is 0.000000362. The number of ether oxygens (including phenoxy) is 3. The van der Waals surface area contributed by atoms with Gasteiger partial charge >= 0.3 is 0 Å². The Kier molecular flexibility index (Phi) is 9.94. The summed E-state index contributed by atoms with van der Waals surface area (Å²) in [4.78, 5) is 10.6. The number of carbonyl (C=O) groups excluding carboxylic acids is 1. The van der Waals surface area contributed by atoms with Gasteiger partial charge in [0.25, 0.3) is 0 Å². The number of carbonyl (C=O) groups is 1. The van der Waals surface area contributed by atoms with Crippen LogP contribution in [0.1, 0.15) is 20.8 Å². The van der Waals surface area contributed by atoms with E-state index in [1.54, 1.807) is 0 Å². The van der Waals surface area contributed by atoms with Crippen molar-refractivity contribution in [1.82, 2.24) is 0 Å². The van der Waals surface area contributed by atoms with E-state index >= 15 is 0 Å². The molecular weight excluding hydrogens is 256 g/mol. The van der Waals surface area contributed by atoms with E-state index in [0.717, 1.165) is 13.2 Å². The maximum absolute atomic E-state index is 10.6. The summed E-state index contributed by atoms with van der Waals surface area (Å²) in [6, 6.07) is 0. The van der Waals surface area contributed by atoms with Crippen LogP contribution >= 0.6 is 0 Å². The fourth-order valence-electron chi connectivity index (χ4n) is 1.45. The van der Waals surface area contributed by atoms with Crippen LogP contribution in [0.4, 0.5) is 0 Å². The van der Waals surface area contributed by atoms with Crippen LogP contribution in [0.15, 0.2) is 0 Å². The molecular formula is C12H24O7. The lowest BCUT2D eigenvalue weighted by Gasteiger charge is -2.29. The first-order chi connectivity index (χ1) is 8.97. The number of Topliss-reactive ketones (excluding diaryl/α,β-unsaturated/α-hetero) is 1. The van der Waals surface area contributed by atoms with E-state index in [-0.39, 0.29) is 12.9 Å². The predicted molar refractivity (Wildman–Crippen MR) is 66.6 cm³/mol. The van der Waals surface area contributed by atoms with Gasteiger partial charge in [-0.1, -0.05) is 0 Å². The van der Waals surface area contributed by atoms with Gasteiger partial charge < -0.3 is 29.5 Å². The molecule has 7 heteroatoms. The van der Waals surface area contributed by atoms with Gasteiger partial charge in [0.05, 0.1) is 6.61 Å². The largest absolute Gasteiger partial charge is 0.394 e. The molecule has 0 aromatic rings. The Labute approximate surface area is 113 Å². The van der Waals surface area contributed by atoms with Gasteiger partial charge in [-0.05, 0) is 20.8 Å². The maximum atomic E-state index is 10.6. The summed E-state index contributed by atoms with van der Waals surface area (Å²) < 4.78 is 14.8. The molecule has 1 rings (SSSR count). The van der Waals surface area contributed by atoms with Crippen LogP contribution in [0.3, 0.4) is 0 Å². The molecule has 0 aliphatic carbocycles. The smallest absolute Gasteiger partial charge is 0.189 e. The number of hydrogen-bond acceptors (Lipinski definition) is 7. The molecule has 7 nitrogen and oxygen atoms in total. The summed E-state index contributed by atoms with van der Waals surface area (Å²) in [6.45, 7) is 6.61. The molecule has 0 aromatic heterocycles. The fourth-order valence-corrected chi connectivity index (χ4v) is 1.45. The quantitative estimate of drug-likeness (QED) is 0.559. The maximum Gasteiger partial charge on any atom is 0.189 e. The van der Waals surface area contributed by atoms with Crippen molar-refractivity contribution in [3.8, 4) is 0 Å². The number of ketones is 1. The highest BCUT2D eigenvalue weighted by Gasteiger charge is 2.36. The minimum atomic E-state index is -1.42. The summed E-state index contributed by atoms with van der Waals surface area (Å²) in [6.07, 6.45) is -3.60. The third-order valence-corrected chi connectivity index (χ3v) is 2.46. The van der Waals surface area contributed by atoms with Crippen molar-refractivity contribution < 1.29 is 34.3 Å². The molecule has 0 spiro atoms. The molecule has 0 unspecified atom stereocenters. The van der Waals surface area contributed by atoms with Gasteiger partial charge in [-0.15, -0.1) is 0 Å². The monoisotopic (exact) mass is 280 g/mol. The van der Waals surface area contributed by atoms with Crippen molar-refractivity contribution in [3.05, 3.63) is 0 Å². The molecule has 0 bridgehead atoms. The number of hydrogen-bond donors (Lipinski definition) is 3. The molecule has 1 heterocycles. The Hall–Kier alpha value is -0.570. The topological polar surface area (TPSA) is 105 Å². The third-order valence-electron chi connectivity index (χ3n) is 2.46. The van der Waals surface area contributed by atoms with E-state index in [1.807, 2.05) is 20.8 Å². The number of aliphatic hydroxyl groups excluding tert-OH is 3. The van der Waals surface area contributed by atoms with Gasteiger partial charge in [0.2, 0.25) is 0 Å². The van der Waals surface area contributed by atoms with E-state index in [1.165, 1.54) is 0 Å². The summed E-state index contributed by atoms with van der Waals surface area (Å²) in [5.74, 6) is -0.554. The van der Waals surface area contributed by atoms with E-state index in [4.69, 9.17) is 29.5 Å². The molecule has 1 aliphatic rings. The van der Waals surface area contributed by atoms with E-state index < -0.39 is 30.7 Å². The standard InChI is InChI=1S/C6H10O5.C6H14O2/c7-1-4-6(10)5(9)3(8)2-11-4;1-4-7-6(3)8-5-2/h4-7,9-10H,1-2H2;6H,4-5H2,1-3H3/t4-,5-,6-;/m1./s1. The van der Waals surface area contributed by atoms with Crippen LogP contribution in [0.2, 0.25) is 0 Å². The third kappa shape index (κ3) is 6.95. The minimum absolute atomic E-state index is 0.0370. The zero-order valence-corrected chi connectivity index (χ0v) is 11.6. The lowest BCUT2D eigenvalue weighted by Crippen LogP contribution is -2.51. The highest BCUT2D eigenvalue weighted by atomic mass is 16.7. The van der Waals surface area contributed by atoms with E-state index in [9.17, 15) is 4.79 Å². The van der Waals surface area contributed by atoms with Gasteiger partial charge in [0.15, 0.2) is 12.1 Å². The molecule has 0 radical (unpaired) electrons. The molecule has 1 saturated heterocycles. The zero-order valence-electron chi connectivity index (χ0n) is 11.6. The normalized spacial score (nSPS) is 27.1. The lowest BCUT2D eigenvalue weighted by molar-refractivity contribution is -0.170. The van der Waals surface area contributed by atoms with Crippen molar-refractivity contribution in [2.75, 3.05) is 26.4 Å². The average molecular weight is 280 g/mol. The van der Waals surface area contributed by atoms with Crippen LogP contribution < -0.4 is 0 Å². The van der Waals surface area contributed by atoms with E-state index in [2.05, 4.69) is 0 Å². The summed E-state index contributed by atoms with van der Waals surface area (Å²) in [5, 5.41) is 26.6. The van der Waals surface area contributed by atoms with Crippen LogP contribution in [0, 0.1) is 0 Å². The SMILES string of the molecule is CCOC(C)OCC.O=C1CO[C@H](CO)[C@@H](O)[C@@H]1O. The van der Waals surface area contributed by atoms with Crippen molar-refractivity contribution >= 4 is 5.78 Å². The van der Waals surface area contributed by atoms with E-state index in [0.29, 0.717) is 0 Å². The van der Waals surface area contributed by atoms with Gasteiger partial charge in [-0.2, -0.15) is 0 Å². The van der Waals surface area contributed by atoms with Crippen molar-refractivity contribution in [2.45, 2.75) is 45.4 Å². The van der Waals surface area contributed by atoms with Gasteiger partial charge in [0.1, 0.15) is 24.9 Å². The van der Waals surface area contributed by atoms with Crippen molar-refractivity contribution in [1.29, 1.82) is 0 Å². The van der Waals surface area contributed by atoms with Crippen LogP contribution in [0.5, 0.6) is 0 Å². The molecule has 0 saturated carbocycles.